The zero-order valence-corrected chi connectivity index (χ0v) is 14.3. The van der Waals surface area contributed by atoms with Crippen LogP contribution in [0.1, 0.15) is 19.8 Å². The monoisotopic (exact) mass is 352 g/mol. The molecule has 130 valence electrons. The molecule has 0 bridgehead atoms. The van der Waals surface area contributed by atoms with Crippen molar-refractivity contribution in [2.45, 2.75) is 32.4 Å². The molecule has 3 rings (SSSR count). The van der Waals surface area contributed by atoms with Gasteiger partial charge in [-0.2, -0.15) is 0 Å². The molecule has 1 aliphatic rings. The molecule has 7 nitrogen and oxygen atoms in total. The summed E-state index contributed by atoms with van der Waals surface area (Å²) < 4.78 is 29.9. The Kier molecular flexibility index (Phi) is 4.49. The van der Waals surface area contributed by atoms with Gasteiger partial charge in [-0.1, -0.05) is 19.1 Å². The van der Waals surface area contributed by atoms with Crippen molar-refractivity contribution in [1.82, 2.24) is 9.47 Å². The van der Waals surface area contributed by atoms with E-state index in [0.29, 0.717) is 24.1 Å². The molecule has 1 aliphatic heterocycles. The van der Waals surface area contributed by atoms with E-state index in [0.717, 1.165) is 6.42 Å². The molecule has 2 heterocycles. The Balaban J connectivity index is 1.85. The minimum atomic E-state index is -3.08. The lowest BCUT2D eigenvalue weighted by molar-refractivity contribution is -0.133. The fourth-order valence-corrected chi connectivity index (χ4v) is 4.89. The summed E-state index contributed by atoms with van der Waals surface area (Å²) in [7, 11) is -3.08. The number of carbonyl (C=O) groups is 1. The van der Waals surface area contributed by atoms with E-state index < -0.39 is 15.6 Å². The third-order valence-electron chi connectivity index (χ3n) is 4.30. The molecule has 24 heavy (non-hydrogen) atoms. The molecule has 1 saturated heterocycles. The predicted molar refractivity (Wildman–Crippen MR) is 89.5 cm³/mol. The maximum absolute atomic E-state index is 12.7. The van der Waals surface area contributed by atoms with Gasteiger partial charge >= 0.3 is 5.76 Å². The van der Waals surface area contributed by atoms with Crippen molar-refractivity contribution in [3.8, 4) is 0 Å². The summed E-state index contributed by atoms with van der Waals surface area (Å²) >= 11 is 0. The van der Waals surface area contributed by atoms with Gasteiger partial charge in [-0.3, -0.25) is 9.36 Å². The van der Waals surface area contributed by atoms with Crippen molar-refractivity contribution in [3.05, 3.63) is 34.8 Å². The largest absolute Gasteiger partial charge is 0.420 e. The topological polar surface area (TPSA) is 89.6 Å². The van der Waals surface area contributed by atoms with Gasteiger partial charge in [-0.05, 0) is 25.0 Å². The Morgan fingerprint density at radius 2 is 2.12 bits per heavy atom. The van der Waals surface area contributed by atoms with Gasteiger partial charge in [0.1, 0.15) is 6.54 Å². The van der Waals surface area contributed by atoms with Crippen molar-refractivity contribution < 1.29 is 17.6 Å². The average Bonchev–Trinajstić information content (AvgIpc) is 3.05. The number of sulfone groups is 1. The van der Waals surface area contributed by atoms with Crippen LogP contribution >= 0.6 is 0 Å². The van der Waals surface area contributed by atoms with Gasteiger partial charge in [0, 0.05) is 12.6 Å². The van der Waals surface area contributed by atoms with Crippen LogP contribution in [0.3, 0.4) is 0 Å². The summed E-state index contributed by atoms with van der Waals surface area (Å²) in [5.74, 6) is -0.730. The smallest absolute Gasteiger partial charge is 0.408 e. The van der Waals surface area contributed by atoms with Gasteiger partial charge in [-0.25, -0.2) is 13.2 Å². The lowest BCUT2D eigenvalue weighted by Crippen LogP contribution is -2.44. The summed E-state index contributed by atoms with van der Waals surface area (Å²) in [5.41, 5.74) is 0.993. The summed E-state index contributed by atoms with van der Waals surface area (Å²) in [5, 5.41) is 0. The van der Waals surface area contributed by atoms with Gasteiger partial charge in [0.2, 0.25) is 5.91 Å². The Morgan fingerprint density at radius 3 is 2.79 bits per heavy atom. The van der Waals surface area contributed by atoms with E-state index in [4.69, 9.17) is 4.42 Å². The van der Waals surface area contributed by atoms with Crippen molar-refractivity contribution >= 4 is 26.8 Å². The number of rotatable bonds is 5. The second-order valence-electron chi connectivity index (χ2n) is 6.07. The number of benzene rings is 1. The maximum Gasteiger partial charge on any atom is 0.420 e. The summed E-state index contributed by atoms with van der Waals surface area (Å²) in [6, 6.07) is 6.61. The molecule has 0 saturated carbocycles. The van der Waals surface area contributed by atoms with Crippen molar-refractivity contribution in [2.24, 2.45) is 0 Å². The maximum atomic E-state index is 12.7. The van der Waals surface area contributed by atoms with E-state index in [1.165, 1.54) is 4.57 Å². The number of fused-ring (bicyclic) bond motifs is 1. The number of aromatic nitrogens is 1. The molecule has 0 aliphatic carbocycles. The molecule has 1 fully saturated rings. The summed E-state index contributed by atoms with van der Waals surface area (Å²) in [6.07, 6.45) is 1.18. The summed E-state index contributed by atoms with van der Waals surface area (Å²) in [4.78, 5) is 26.3. The number of para-hydroxylation sites is 2. The first kappa shape index (κ1) is 16.8. The molecule has 0 spiro atoms. The van der Waals surface area contributed by atoms with Crippen LogP contribution in [0.5, 0.6) is 0 Å². The van der Waals surface area contributed by atoms with E-state index in [-0.39, 0.29) is 30.0 Å². The molecular weight excluding hydrogens is 332 g/mol. The third kappa shape index (κ3) is 3.24. The first-order valence-electron chi connectivity index (χ1n) is 7.99. The Labute approximate surface area is 139 Å². The van der Waals surface area contributed by atoms with Crippen LogP contribution in [0.2, 0.25) is 0 Å². The van der Waals surface area contributed by atoms with Crippen LogP contribution < -0.4 is 5.76 Å². The highest BCUT2D eigenvalue weighted by Crippen LogP contribution is 2.19. The minimum Gasteiger partial charge on any atom is -0.408 e. The van der Waals surface area contributed by atoms with Crippen LogP contribution in [-0.4, -0.2) is 47.9 Å². The third-order valence-corrected chi connectivity index (χ3v) is 6.05. The molecule has 1 aromatic heterocycles. The standard InChI is InChI=1S/C16H20N2O5S/c1-2-8-17(12-7-9-24(21,22)11-12)15(19)10-18-13-5-3-4-6-14(13)23-16(18)20/h3-6,12H,2,7-11H2,1H3. The van der Waals surface area contributed by atoms with Crippen LogP contribution in [-0.2, 0) is 21.2 Å². The van der Waals surface area contributed by atoms with Gasteiger partial charge < -0.3 is 9.32 Å². The van der Waals surface area contributed by atoms with Crippen LogP contribution in [0.4, 0.5) is 0 Å². The number of hydrogen-bond donors (Lipinski definition) is 0. The molecule has 1 amide bonds. The predicted octanol–water partition coefficient (Wildman–Crippen LogP) is 1.02. The quantitative estimate of drug-likeness (QED) is 0.801. The van der Waals surface area contributed by atoms with E-state index in [9.17, 15) is 18.0 Å². The van der Waals surface area contributed by atoms with Gasteiger partial charge in [0.05, 0.1) is 17.0 Å². The van der Waals surface area contributed by atoms with Crippen molar-refractivity contribution in [2.75, 3.05) is 18.1 Å². The lowest BCUT2D eigenvalue weighted by Gasteiger charge is -2.28. The van der Waals surface area contributed by atoms with Gasteiger partial charge in [0.25, 0.3) is 0 Å². The van der Waals surface area contributed by atoms with E-state index >= 15 is 0 Å². The Morgan fingerprint density at radius 1 is 1.38 bits per heavy atom. The zero-order valence-electron chi connectivity index (χ0n) is 13.5. The molecule has 0 radical (unpaired) electrons. The molecule has 1 unspecified atom stereocenters. The van der Waals surface area contributed by atoms with Gasteiger partial charge in [0.15, 0.2) is 15.4 Å². The molecular formula is C16H20N2O5S. The summed E-state index contributed by atoms with van der Waals surface area (Å²) in [6.45, 7) is 2.26. The molecule has 1 atom stereocenters. The van der Waals surface area contributed by atoms with E-state index in [1.54, 1.807) is 29.2 Å². The van der Waals surface area contributed by atoms with E-state index in [2.05, 4.69) is 0 Å². The lowest BCUT2D eigenvalue weighted by atomic mass is 10.2. The van der Waals surface area contributed by atoms with Crippen LogP contribution in [0.15, 0.2) is 33.5 Å². The fraction of sp³-hybridized carbons (Fsp3) is 0.500. The van der Waals surface area contributed by atoms with E-state index in [1.807, 2.05) is 6.92 Å². The van der Waals surface area contributed by atoms with Crippen molar-refractivity contribution in [1.29, 1.82) is 0 Å². The van der Waals surface area contributed by atoms with Crippen LogP contribution in [0.25, 0.3) is 11.1 Å². The Hall–Kier alpha value is -2.09. The highest BCUT2D eigenvalue weighted by atomic mass is 32.2. The number of oxazole rings is 1. The molecule has 0 N–H and O–H groups in total. The van der Waals surface area contributed by atoms with Crippen molar-refractivity contribution in [3.63, 3.8) is 0 Å². The second kappa shape index (κ2) is 6.43. The first-order chi connectivity index (χ1) is 11.4. The minimum absolute atomic E-state index is 0.000225. The Bertz CT molecular complexity index is 912. The number of carbonyl (C=O) groups excluding carboxylic acids is 1. The molecule has 2 aromatic rings. The zero-order chi connectivity index (χ0) is 17.3. The highest BCUT2D eigenvalue weighted by Gasteiger charge is 2.34. The SMILES string of the molecule is CCCN(C(=O)Cn1c(=O)oc2ccccc21)C1CCS(=O)(=O)C1. The number of nitrogens with zero attached hydrogens (tertiary/aromatic N) is 2. The highest BCUT2D eigenvalue weighted by molar-refractivity contribution is 7.91. The fourth-order valence-electron chi connectivity index (χ4n) is 3.16. The molecule has 1 aromatic carbocycles. The normalized spacial score (nSPS) is 19.6. The first-order valence-corrected chi connectivity index (χ1v) is 9.81. The van der Waals surface area contributed by atoms with Crippen LogP contribution in [0, 0.1) is 0 Å². The second-order valence-corrected chi connectivity index (χ2v) is 8.29. The molecule has 8 heteroatoms. The number of amides is 1. The van der Waals surface area contributed by atoms with Gasteiger partial charge in [-0.15, -0.1) is 0 Å². The number of hydrogen-bond acceptors (Lipinski definition) is 5. The average molecular weight is 352 g/mol.